The number of benzene rings is 1. The molecule has 2 N–H and O–H groups in total. The van der Waals surface area contributed by atoms with E-state index in [1.807, 2.05) is 20.8 Å². The van der Waals surface area contributed by atoms with Crippen molar-refractivity contribution in [2.75, 3.05) is 6.54 Å². The maximum absolute atomic E-state index is 13.4. The van der Waals surface area contributed by atoms with Gasteiger partial charge in [0.15, 0.2) is 0 Å². The van der Waals surface area contributed by atoms with E-state index < -0.39 is 5.82 Å². The fourth-order valence-electron chi connectivity index (χ4n) is 1.75. The van der Waals surface area contributed by atoms with Gasteiger partial charge >= 0.3 is 0 Å². The maximum atomic E-state index is 13.4. The molecule has 0 spiro atoms. The van der Waals surface area contributed by atoms with Gasteiger partial charge in [-0.15, -0.1) is 0 Å². The fourth-order valence-corrected chi connectivity index (χ4v) is 2.45. The van der Waals surface area contributed by atoms with Gasteiger partial charge in [-0.2, -0.15) is 0 Å². The molecule has 0 aliphatic heterocycles. The van der Waals surface area contributed by atoms with Crippen molar-refractivity contribution in [3.63, 3.8) is 0 Å². The summed E-state index contributed by atoms with van der Waals surface area (Å²) in [6, 6.07) is 2.33. The van der Waals surface area contributed by atoms with Crippen LogP contribution in [-0.2, 0) is 4.79 Å². The van der Waals surface area contributed by atoms with E-state index in [2.05, 4.69) is 10.6 Å². The van der Waals surface area contributed by atoms with Crippen LogP contribution in [-0.4, -0.2) is 18.0 Å². The smallest absolute Gasteiger partial charge is 0.234 e. The predicted octanol–water partition coefficient (Wildman–Crippen LogP) is 3.70. The summed E-state index contributed by atoms with van der Waals surface area (Å²) in [5, 5.41) is 6.16. The summed E-state index contributed by atoms with van der Waals surface area (Å²) in [6.45, 7) is 7.57. The number of hydrogen-bond donors (Lipinski definition) is 2. The minimum Gasteiger partial charge on any atom is -0.350 e. The summed E-state index contributed by atoms with van der Waals surface area (Å²) in [4.78, 5) is 11.7. The first-order valence-corrected chi connectivity index (χ1v) is 7.05. The van der Waals surface area contributed by atoms with Crippen molar-refractivity contribution < 1.29 is 9.18 Å². The first-order chi connectivity index (χ1) is 9.11. The van der Waals surface area contributed by atoms with Crippen molar-refractivity contribution >= 4 is 29.1 Å². The lowest BCUT2D eigenvalue weighted by Crippen LogP contribution is -2.45. The molecule has 112 valence electrons. The molecule has 0 aliphatic rings. The van der Waals surface area contributed by atoms with Crippen LogP contribution in [0.2, 0.25) is 10.0 Å². The van der Waals surface area contributed by atoms with E-state index in [0.717, 1.165) is 0 Å². The van der Waals surface area contributed by atoms with Crippen LogP contribution >= 0.6 is 23.2 Å². The highest BCUT2D eigenvalue weighted by Gasteiger charge is 2.19. The van der Waals surface area contributed by atoms with E-state index in [-0.39, 0.29) is 29.1 Å². The monoisotopic (exact) mass is 320 g/mol. The van der Waals surface area contributed by atoms with Gasteiger partial charge in [-0.3, -0.25) is 4.79 Å². The Bertz CT molecular complexity index is 501. The molecule has 0 fully saturated rings. The Balaban J connectivity index is 2.71. The summed E-state index contributed by atoms with van der Waals surface area (Å²) in [6.07, 6.45) is 0. The molecular formula is C14H19Cl2FN2O. The number of halogens is 3. The van der Waals surface area contributed by atoms with E-state index in [0.29, 0.717) is 10.6 Å². The van der Waals surface area contributed by atoms with Crippen LogP contribution in [0, 0.1) is 5.82 Å². The summed E-state index contributed by atoms with van der Waals surface area (Å²) >= 11 is 11.9. The summed E-state index contributed by atoms with van der Waals surface area (Å²) in [5.41, 5.74) is 0.160. The lowest BCUT2D eigenvalue weighted by atomic mass is 10.1. The number of nitrogens with one attached hydrogen (secondary N) is 2. The van der Waals surface area contributed by atoms with Gasteiger partial charge in [0.25, 0.3) is 0 Å². The summed E-state index contributed by atoms with van der Waals surface area (Å²) < 4.78 is 13.4. The zero-order valence-corrected chi connectivity index (χ0v) is 13.5. The summed E-state index contributed by atoms with van der Waals surface area (Å²) in [5.74, 6) is -0.674. The third-order valence-electron chi connectivity index (χ3n) is 2.60. The van der Waals surface area contributed by atoms with Crippen LogP contribution in [0.25, 0.3) is 0 Å². The fraction of sp³-hybridized carbons (Fsp3) is 0.500. The first kappa shape index (κ1) is 17.2. The minimum atomic E-state index is -0.529. The average Bonchev–Trinajstić information content (AvgIpc) is 2.30. The molecule has 0 saturated heterocycles. The number of rotatable bonds is 4. The predicted molar refractivity (Wildman–Crippen MR) is 80.7 cm³/mol. The van der Waals surface area contributed by atoms with E-state index >= 15 is 0 Å². The second-order valence-electron chi connectivity index (χ2n) is 5.66. The third-order valence-corrected chi connectivity index (χ3v) is 3.31. The summed E-state index contributed by atoms with van der Waals surface area (Å²) in [7, 11) is 0. The first-order valence-electron chi connectivity index (χ1n) is 6.29. The van der Waals surface area contributed by atoms with E-state index in [1.54, 1.807) is 6.92 Å². The molecular weight excluding hydrogens is 302 g/mol. The highest BCUT2D eigenvalue weighted by atomic mass is 35.5. The molecule has 0 saturated carbocycles. The zero-order valence-electron chi connectivity index (χ0n) is 12.0. The second-order valence-corrected chi connectivity index (χ2v) is 6.44. The molecule has 1 amide bonds. The van der Waals surface area contributed by atoms with Gasteiger partial charge < -0.3 is 10.6 Å². The van der Waals surface area contributed by atoms with Crippen molar-refractivity contribution in [3.05, 3.63) is 33.6 Å². The van der Waals surface area contributed by atoms with Gasteiger partial charge in [-0.05, 0) is 39.8 Å². The van der Waals surface area contributed by atoms with Crippen LogP contribution in [0.4, 0.5) is 4.39 Å². The molecule has 0 bridgehead atoms. The van der Waals surface area contributed by atoms with Gasteiger partial charge in [0.1, 0.15) is 5.82 Å². The van der Waals surface area contributed by atoms with Gasteiger partial charge in [-0.25, -0.2) is 4.39 Å². The SMILES string of the molecule is CC(NCC(=O)NC(C)(C)C)c1c(Cl)ccc(F)c1Cl. The average molecular weight is 321 g/mol. The number of carbonyl (C=O) groups is 1. The van der Waals surface area contributed by atoms with E-state index in [1.165, 1.54) is 12.1 Å². The van der Waals surface area contributed by atoms with Crippen LogP contribution in [0.5, 0.6) is 0 Å². The molecule has 1 rings (SSSR count). The quantitative estimate of drug-likeness (QED) is 0.830. The standard InChI is InChI=1S/C14H19Cl2FN2O/c1-8(18-7-11(20)19-14(2,3)4)12-9(15)5-6-10(17)13(12)16/h5-6,8,18H,7H2,1-4H3,(H,19,20). The molecule has 0 aliphatic carbocycles. The zero-order chi connectivity index (χ0) is 15.5. The topological polar surface area (TPSA) is 41.1 Å². The molecule has 1 aromatic rings. The lowest BCUT2D eigenvalue weighted by molar-refractivity contribution is -0.121. The largest absolute Gasteiger partial charge is 0.350 e. The van der Waals surface area contributed by atoms with E-state index in [9.17, 15) is 9.18 Å². The third kappa shape index (κ3) is 4.93. The van der Waals surface area contributed by atoms with Crippen molar-refractivity contribution in [1.29, 1.82) is 0 Å². The van der Waals surface area contributed by atoms with Crippen molar-refractivity contribution in [1.82, 2.24) is 10.6 Å². The Labute approximate surface area is 128 Å². The Morgan fingerprint density at radius 2 is 1.95 bits per heavy atom. The normalized spacial score (nSPS) is 13.2. The molecule has 0 radical (unpaired) electrons. The van der Waals surface area contributed by atoms with Crippen LogP contribution < -0.4 is 10.6 Å². The molecule has 1 aromatic carbocycles. The molecule has 0 heterocycles. The van der Waals surface area contributed by atoms with Gasteiger partial charge in [0.05, 0.1) is 11.6 Å². The Morgan fingerprint density at radius 3 is 2.50 bits per heavy atom. The molecule has 3 nitrogen and oxygen atoms in total. The maximum Gasteiger partial charge on any atom is 0.234 e. The highest BCUT2D eigenvalue weighted by Crippen LogP contribution is 2.32. The van der Waals surface area contributed by atoms with Crippen LogP contribution in [0.1, 0.15) is 39.3 Å². The Morgan fingerprint density at radius 1 is 1.35 bits per heavy atom. The van der Waals surface area contributed by atoms with Crippen LogP contribution in [0.3, 0.4) is 0 Å². The van der Waals surface area contributed by atoms with Gasteiger partial charge in [0.2, 0.25) is 5.91 Å². The number of carbonyl (C=O) groups excluding carboxylic acids is 1. The van der Waals surface area contributed by atoms with Gasteiger partial charge in [0, 0.05) is 22.2 Å². The number of amides is 1. The van der Waals surface area contributed by atoms with Crippen molar-refractivity contribution in [2.45, 2.75) is 39.3 Å². The van der Waals surface area contributed by atoms with Crippen molar-refractivity contribution in [3.8, 4) is 0 Å². The Hall–Kier alpha value is -0.840. The second kappa shape index (κ2) is 6.74. The molecule has 6 heteroatoms. The van der Waals surface area contributed by atoms with Crippen LogP contribution in [0.15, 0.2) is 12.1 Å². The molecule has 0 aromatic heterocycles. The van der Waals surface area contributed by atoms with E-state index in [4.69, 9.17) is 23.2 Å². The molecule has 20 heavy (non-hydrogen) atoms. The lowest BCUT2D eigenvalue weighted by Gasteiger charge is -2.22. The molecule has 1 atom stereocenters. The highest BCUT2D eigenvalue weighted by molar-refractivity contribution is 6.36. The number of hydrogen-bond acceptors (Lipinski definition) is 2. The van der Waals surface area contributed by atoms with Gasteiger partial charge in [-0.1, -0.05) is 23.2 Å². The minimum absolute atomic E-state index is 0.0197. The molecule has 1 unspecified atom stereocenters. The Kier molecular flexibility index (Phi) is 5.80. The van der Waals surface area contributed by atoms with Crippen molar-refractivity contribution in [2.24, 2.45) is 0 Å².